The fourth-order valence-electron chi connectivity index (χ4n) is 1.20. The highest BCUT2D eigenvalue weighted by atomic mass is 32.2. The maximum atomic E-state index is 11.6. The number of hydrogen-bond acceptors (Lipinski definition) is 5. The third kappa shape index (κ3) is 7.69. The quantitative estimate of drug-likeness (QED) is 0.780. The van der Waals surface area contributed by atoms with Crippen LogP contribution in [0.5, 0.6) is 0 Å². The molecule has 0 aromatic heterocycles. The molecule has 1 rings (SSSR count). The Morgan fingerprint density at radius 2 is 1.63 bits per heavy atom. The summed E-state index contributed by atoms with van der Waals surface area (Å²) in [5.74, 6) is -0.582. The Bertz CT molecular complexity index is 445. The molecule has 0 amide bonds. The predicted octanol–water partition coefficient (Wildman–Crippen LogP) is 2.82. The zero-order chi connectivity index (χ0) is 14.1. The van der Waals surface area contributed by atoms with Crippen LogP contribution >= 0.6 is 23.5 Å². The minimum absolute atomic E-state index is 0.00438. The second-order valence-corrected chi connectivity index (χ2v) is 5.93. The van der Waals surface area contributed by atoms with Crippen LogP contribution in [0.25, 0.3) is 0 Å². The molecule has 0 saturated heterocycles. The van der Waals surface area contributed by atoms with E-state index in [2.05, 4.69) is 0 Å². The number of hydrogen-bond donors (Lipinski definition) is 1. The van der Waals surface area contributed by atoms with Crippen LogP contribution in [0.4, 0.5) is 0 Å². The van der Waals surface area contributed by atoms with Gasteiger partial charge in [0, 0.05) is 23.5 Å². The fourth-order valence-corrected chi connectivity index (χ4v) is 2.85. The number of thioether (sulfide) groups is 2. The van der Waals surface area contributed by atoms with Gasteiger partial charge in [0.25, 0.3) is 0 Å². The molecule has 1 aromatic carbocycles. The molecule has 0 radical (unpaired) electrons. The molecule has 1 aromatic rings. The standard InChI is InChI=1S/C13H14O4S2/c14-11(15)6-7-12(16)18-9-8-13(17)19-10-4-2-1-3-5-10/h1-5H,6-9H2,(H,14,15). The van der Waals surface area contributed by atoms with E-state index < -0.39 is 5.97 Å². The molecule has 4 nitrogen and oxygen atoms in total. The number of carboxylic acid groups (broad SMARTS) is 1. The molecule has 0 spiro atoms. The van der Waals surface area contributed by atoms with Crippen LogP contribution < -0.4 is 0 Å². The zero-order valence-electron chi connectivity index (χ0n) is 10.2. The van der Waals surface area contributed by atoms with Gasteiger partial charge in [-0.25, -0.2) is 0 Å². The van der Waals surface area contributed by atoms with E-state index in [4.69, 9.17) is 5.11 Å². The lowest BCUT2D eigenvalue weighted by atomic mass is 10.3. The Kier molecular flexibility index (Phi) is 7.28. The summed E-state index contributed by atoms with van der Waals surface area (Å²) < 4.78 is 0. The molecule has 1 N–H and O–H groups in total. The molecule has 19 heavy (non-hydrogen) atoms. The number of carbonyl (C=O) groups excluding carboxylic acids is 2. The van der Waals surface area contributed by atoms with Gasteiger partial charge < -0.3 is 5.11 Å². The summed E-state index contributed by atoms with van der Waals surface area (Å²) in [5.41, 5.74) is 0. The highest BCUT2D eigenvalue weighted by Crippen LogP contribution is 2.20. The number of aliphatic carboxylic acids is 1. The van der Waals surface area contributed by atoms with Crippen LogP contribution in [0.1, 0.15) is 19.3 Å². The Labute approximate surface area is 120 Å². The van der Waals surface area contributed by atoms with Gasteiger partial charge in [0.1, 0.15) is 0 Å². The maximum absolute atomic E-state index is 11.6. The largest absolute Gasteiger partial charge is 0.481 e. The van der Waals surface area contributed by atoms with Crippen molar-refractivity contribution in [1.82, 2.24) is 0 Å². The topological polar surface area (TPSA) is 71.4 Å². The van der Waals surface area contributed by atoms with Crippen LogP contribution in [0, 0.1) is 0 Å². The third-order valence-electron chi connectivity index (χ3n) is 2.09. The molecule has 0 saturated carbocycles. The SMILES string of the molecule is O=C(O)CCC(=O)SCCC(=O)Sc1ccccc1. The van der Waals surface area contributed by atoms with Crippen LogP contribution in [0.3, 0.4) is 0 Å². The summed E-state index contributed by atoms with van der Waals surface area (Å²) in [7, 11) is 0. The molecule has 0 unspecified atom stereocenters. The van der Waals surface area contributed by atoms with Gasteiger partial charge in [-0.2, -0.15) is 0 Å². The molecule has 0 atom stereocenters. The van der Waals surface area contributed by atoms with Crippen molar-refractivity contribution in [3.05, 3.63) is 30.3 Å². The van der Waals surface area contributed by atoms with E-state index in [0.717, 1.165) is 28.4 Å². The Morgan fingerprint density at radius 1 is 0.947 bits per heavy atom. The first-order chi connectivity index (χ1) is 9.08. The maximum Gasteiger partial charge on any atom is 0.303 e. The molecular weight excluding hydrogens is 284 g/mol. The molecule has 0 bridgehead atoms. The first kappa shape index (κ1) is 15.8. The van der Waals surface area contributed by atoms with E-state index in [1.54, 1.807) is 0 Å². The highest BCUT2D eigenvalue weighted by molar-refractivity contribution is 8.14. The van der Waals surface area contributed by atoms with Crippen molar-refractivity contribution in [2.75, 3.05) is 5.75 Å². The second kappa shape index (κ2) is 8.77. The van der Waals surface area contributed by atoms with Crippen LogP contribution in [0.15, 0.2) is 35.2 Å². The average molecular weight is 298 g/mol. The van der Waals surface area contributed by atoms with Crippen molar-refractivity contribution in [1.29, 1.82) is 0 Å². The van der Waals surface area contributed by atoms with E-state index in [9.17, 15) is 14.4 Å². The molecule has 0 aliphatic carbocycles. The van der Waals surface area contributed by atoms with E-state index in [1.165, 1.54) is 0 Å². The van der Waals surface area contributed by atoms with Gasteiger partial charge in [0.2, 0.25) is 0 Å². The van der Waals surface area contributed by atoms with Crippen LogP contribution in [0.2, 0.25) is 0 Å². The van der Waals surface area contributed by atoms with Crippen LogP contribution in [-0.4, -0.2) is 27.1 Å². The predicted molar refractivity (Wildman–Crippen MR) is 76.3 cm³/mol. The summed E-state index contributed by atoms with van der Waals surface area (Å²) in [6.07, 6.45) is 0.154. The smallest absolute Gasteiger partial charge is 0.303 e. The van der Waals surface area contributed by atoms with Gasteiger partial charge in [-0.1, -0.05) is 41.7 Å². The number of rotatable bonds is 7. The van der Waals surface area contributed by atoms with Gasteiger partial charge in [0.15, 0.2) is 10.2 Å². The summed E-state index contributed by atoms with van der Waals surface area (Å²) in [4.78, 5) is 34.0. The summed E-state index contributed by atoms with van der Waals surface area (Å²) >= 11 is 2.18. The van der Waals surface area contributed by atoms with Crippen molar-refractivity contribution in [3.63, 3.8) is 0 Å². The number of benzene rings is 1. The van der Waals surface area contributed by atoms with Crippen molar-refractivity contribution in [3.8, 4) is 0 Å². The molecule has 0 heterocycles. The summed E-state index contributed by atoms with van der Waals surface area (Å²) in [5, 5.41) is 8.24. The first-order valence-electron chi connectivity index (χ1n) is 5.71. The van der Waals surface area contributed by atoms with E-state index in [0.29, 0.717) is 12.2 Å². The highest BCUT2D eigenvalue weighted by Gasteiger charge is 2.09. The molecule has 0 aliphatic heterocycles. The van der Waals surface area contributed by atoms with E-state index >= 15 is 0 Å². The third-order valence-corrected chi connectivity index (χ3v) is 3.96. The fraction of sp³-hybridized carbons (Fsp3) is 0.308. The van der Waals surface area contributed by atoms with Gasteiger partial charge in [0.05, 0.1) is 6.42 Å². The molecular formula is C13H14O4S2. The van der Waals surface area contributed by atoms with Gasteiger partial charge in [-0.05, 0) is 12.1 Å². The molecule has 6 heteroatoms. The van der Waals surface area contributed by atoms with Crippen molar-refractivity contribution in [2.24, 2.45) is 0 Å². The number of carbonyl (C=O) groups is 3. The van der Waals surface area contributed by atoms with E-state index in [1.807, 2.05) is 30.3 Å². The second-order valence-electron chi connectivity index (χ2n) is 3.65. The first-order valence-corrected chi connectivity index (χ1v) is 7.51. The van der Waals surface area contributed by atoms with Gasteiger partial charge in [-0.3, -0.25) is 14.4 Å². The Balaban J connectivity index is 2.17. The number of carboxylic acids is 1. The Morgan fingerprint density at radius 3 is 2.26 bits per heavy atom. The van der Waals surface area contributed by atoms with Crippen molar-refractivity contribution < 1.29 is 19.5 Å². The van der Waals surface area contributed by atoms with Crippen LogP contribution in [-0.2, 0) is 14.4 Å². The lowest BCUT2D eigenvalue weighted by molar-refractivity contribution is -0.138. The molecule has 102 valence electrons. The normalized spacial score (nSPS) is 10.1. The summed E-state index contributed by atoms with van der Waals surface area (Å²) in [6, 6.07) is 9.31. The van der Waals surface area contributed by atoms with Gasteiger partial charge >= 0.3 is 5.97 Å². The van der Waals surface area contributed by atoms with E-state index in [-0.39, 0.29) is 23.1 Å². The zero-order valence-corrected chi connectivity index (χ0v) is 11.8. The molecule has 0 fully saturated rings. The minimum Gasteiger partial charge on any atom is -0.481 e. The average Bonchev–Trinajstić information content (AvgIpc) is 2.37. The lowest BCUT2D eigenvalue weighted by Crippen LogP contribution is -2.02. The van der Waals surface area contributed by atoms with Crippen molar-refractivity contribution >= 4 is 39.7 Å². The Hall–Kier alpha value is -1.27. The molecule has 0 aliphatic rings. The lowest BCUT2D eigenvalue weighted by Gasteiger charge is -2.00. The minimum atomic E-state index is -0.982. The summed E-state index contributed by atoms with van der Waals surface area (Å²) in [6.45, 7) is 0. The monoisotopic (exact) mass is 298 g/mol. The van der Waals surface area contributed by atoms with Crippen molar-refractivity contribution in [2.45, 2.75) is 24.2 Å². The van der Waals surface area contributed by atoms with Gasteiger partial charge in [-0.15, -0.1) is 0 Å².